The predicted molar refractivity (Wildman–Crippen MR) is 44.3 cm³/mol. The van der Waals surface area contributed by atoms with Crippen LogP contribution in [0, 0.1) is 23.2 Å². The van der Waals surface area contributed by atoms with E-state index in [1.54, 1.807) is 0 Å². The lowest BCUT2D eigenvalue weighted by Crippen LogP contribution is -2.51. The van der Waals surface area contributed by atoms with Crippen molar-refractivity contribution in [2.45, 2.75) is 18.4 Å². The molecule has 0 aliphatic heterocycles. The monoisotopic (exact) mass is 197 g/mol. The first kappa shape index (κ1) is 8.23. The van der Waals surface area contributed by atoms with Crippen molar-refractivity contribution in [3.05, 3.63) is 0 Å². The molecule has 0 spiro atoms. The summed E-state index contributed by atoms with van der Waals surface area (Å²) in [5.41, 5.74) is 3.79. The van der Waals surface area contributed by atoms with E-state index in [9.17, 15) is 9.59 Å². The highest BCUT2D eigenvalue weighted by molar-refractivity contribution is 5.90. The average Bonchev–Trinajstić information content (AvgIpc) is 2.45. The number of rotatable bonds is 2. The van der Waals surface area contributed by atoms with E-state index in [1.807, 2.05) is 0 Å². The topological polar surface area (TPSA) is 101 Å². The van der Waals surface area contributed by atoms with Gasteiger partial charge in [-0.25, -0.2) is 0 Å². The fraction of sp³-hybridized carbons (Fsp3) is 0.778. The summed E-state index contributed by atoms with van der Waals surface area (Å²) in [5.74, 6) is -2.33. The van der Waals surface area contributed by atoms with Crippen molar-refractivity contribution >= 4 is 11.9 Å². The summed E-state index contributed by atoms with van der Waals surface area (Å²) >= 11 is 0. The molecule has 0 aromatic heterocycles. The molecule has 0 aromatic carbocycles. The molecule has 4 fully saturated rings. The molecule has 4 saturated carbocycles. The summed E-state index contributed by atoms with van der Waals surface area (Å²) in [6, 6.07) is 0. The Morgan fingerprint density at radius 2 is 1.93 bits per heavy atom. The molecule has 0 aromatic rings. The molecular weight excluding hydrogens is 186 g/mol. The van der Waals surface area contributed by atoms with Gasteiger partial charge in [0.15, 0.2) is 0 Å². The molecule has 4 N–H and O–H groups in total. The van der Waals surface area contributed by atoms with E-state index < -0.39 is 22.9 Å². The van der Waals surface area contributed by atoms with Crippen LogP contribution in [0.15, 0.2) is 0 Å². The minimum absolute atomic E-state index is 0.0195. The summed E-state index contributed by atoms with van der Waals surface area (Å²) in [7, 11) is 0. The largest absolute Gasteiger partial charge is 0.481 e. The summed E-state index contributed by atoms with van der Waals surface area (Å²) in [6.07, 6.45) is 1.14. The van der Waals surface area contributed by atoms with Crippen molar-refractivity contribution in [2.24, 2.45) is 28.9 Å². The van der Waals surface area contributed by atoms with Crippen LogP contribution in [0.25, 0.3) is 0 Å². The number of hydrogen-bond acceptors (Lipinski definition) is 3. The minimum Gasteiger partial charge on any atom is -0.481 e. The van der Waals surface area contributed by atoms with Crippen LogP contribution in [0.3, 0.4) is 0 Å². The third-order valence-corrected chi connectivity index (χ3v) is 4.59. The number of aliphatic carboxylic acids is 2. The van der Waals surface area contributed by atoms with Gasteiger partial charge in [0.05, 0.1) is 5.41 Å². The lowest BCUT2D eigenvalue weighted by molar-refractivity contribution is -0.145. The SMILES string of the molecule is N[C@]1(C(=O)O)[C@@H]2C[C@@H]3[C@H]1[C@]3(C(=O)O)C2. The Bertz CT molecular complexity index is 368. The van der Waals surface area contributed by atoms with Crippen LogP contribution in [0.1, 0.15) is 12.8 Å². The second-order valence-electron chi connectivity index (χ2n) is 4.80. The maximum Gasteiger partial charge on any atom is 0.324 e. The standard InChI is InChI=1S/C9H11NO4/c10-9(7(13)14)3-1-4-5(9)8(4,2-3)6(11)12/h3-5H,1-2,10H2,(H,11,12)(H,13,14)/t3-,4-,5+,8+,9-/m1/s1. The second kappa shape index (κ2) is 1.82. The highest BCUT2D eigenvalue weighted by Crippen LogP contribution is 2.81. The van der Waals surface area contributed by atoms with Gasteiger partial charge in [-0.15, -0.1) is 0 Å². The van der Waals surface area contributed by atoms with Gasteiger partial charge in [-0.3, -0.25) is 9.59 Å². The van der Waals surface area contributed by atoms with Gasteiger partial charge in [-0.2, -0.15) is 0 Å². The Labute approximate surface area is 79.9 Å². The number of carboxylic acid groups (broad SMARTS) is 2. The highest BCUT2D eigenvalue weighted by Gasteiger charge is 2.88. The van der Waals surface area contributed by atoms with E-state index in [-0.39, 0.29) is 17.8 Å². The molecule has 0 radical (unpaired) electrons. The summed E-state index contributed by atoms with van der Waals surface area (Å²) in [6.45, 7) is 0. The summed E-state index contributed by atoms with van der Waals surface area (Å²) in [4.78, 5) is 22.1. The molecule has 0 unspecified atom stereocenters. The molecule has 14 heavy (non-hydrogen) atoms. The van der Waals surface area contributed by atoms with Crippen molar-refractivity contribution in [2.75, 3.05) is 0 Å². The van der Waals surface area contributed by atoms with Crippen LogP contribution in [-0.4, -0.2) is 27.7 Å². The van der Waals surface area contributed by atoms with E-state index >= 15 is 0 Å². The Hall–Kier alpha value is -1.10. The Morgan fingerprint density at radius 3 is 2.21 bits per heavy atom. The zero-order valence-electron chi connectivity index (χ0n) is 7.43. The van der Waals surface area contributed by atoms with E-state index in [0.717, 1.165) is 0 Å². The van der Waals surface area contributed by atoms with Gasteiger partial charge in [0.1, 0.15) is 5.54 Å². The number of hydrogen-bond donors (Lipinski definition) is 3. The van der Waals surface area contributed by atoms with Crippen LogP contribution in [0.4, 0.5) is 0 Å². The van der Waals surface area contributed by atoms with Crippen molar-refractivity contribution in [3.8, 4) is 0 Å². The average molecular weight is 197 g/mol. The van der Waals surface area contributed by atoms with Crippen LogP contribution >= 0.6 is 0 Å². The normalized spacial score (nSPS) is 57.4. The van der Waals surface area contributed by atoms with Crippen molar-refractivity contribution in [3.63, 3.8) is 0 Å². The van der Waals surface area contributed by atoms with E-state index in [4.69, 9.17) is 15.9 Å². The van der Waals surface area contributed by atoms with Gasteiger partial charge < -0.3 is 15.9 Å². The maximum absolute atomic E-state index is 11.1. The number of nitrogens with two attached hydrogens (primary N) is 1. The fourth-order valence-corrected chi connectivity index (χ4v) is 4.00. The smallest absolute Gasteiger partial charge is 0.324 e. The molecule has 4 rings (SSSR count). The number of carboxylic acids is 2. The molecule has 0 saturated heterocycles. The molecule has 5 heteroatoms. The quantitative estimate of drug-likeness (QED) is 0.554. The van der Waals surface area contributed by atoms with Gasteiger partial charge >= 0.3 is 11.9 Å². The van der Waals surface area contributed by atoms with E-state index in [2.05, 4.69) is 0 Å². The third kappa shape index (κ3) is 0.507. The molecular formula is C9H11NO4. The lowest BCUT2D eigenvalue weighted by atomic mass is 9.90. The summed E-state index contributed by atoms with van der Waals surface area (Å²) < 4.78 is 0. The van der Waals surface area contributed by atoms with Crippen LogP contribution in [0.5, 0.6) is 0 Å². The van der Waals surface area contributed by atoms with Crippen LogP contribution in [0.2, 0.25) is 0 Å². The zero-order valence-corrected chi connectivity index (χ0v) is 7.43. The molecule has 5 nitrogen and oxygen atoms in total. The van der Waals surface area contributed by atoms with Gasteiger partial charge in [-0.05, 0) is 24.7 Å². The fourth-order valence-electron chi connectivity index (χ4n) is 4.00. The first-order valence-electron chi connectivity index (χ1n) is 4.71. The molecule has 0 heterocycles. The molecule has 4 aliphatic carbocycles. The van der Waals surface area contributed by atoms with E-state index in [1.165, 1.54) is 0 Å². The Kier molecular flexibility index (Phi) is 1.07. The van der Waals surface area contributed by atoms with Crippen LogP contribution < -0.4 is 5.73 Å². The van der Waals surface area contributed by atoms with E-state index in [0.29, 0.717) is 12.8 Å². The van der Waals surface area contributed by atoms with Gasteiger partial charge in [0.25, 0.3) is 0 Å². The Morgan fingerprint density at radius 1 is 1.29 bits per heavy atom. The number of carbonyl (C=O) groups is 2. The van der Waals surface area contributed by atoms with Crippen molar-refractivity contribution in [1.29, 1.82) is 0 Å². The molecule has 4 aliphatic rings. The van der Waals surface area contributed by atoms with Crippen molar-refractivity contribution in [1.82, 2.24) is 0 Å². The highest BCUT2D eigenvalue weighted by atomic mass is 16.4. The summed E-state index contributed by atoms with van der Waals surface area (Å²) in [5, 5.41) is 18.1. The maximum atomic E-state index is 11.1. The first-order chi connectivity index (χ1) is 6.45. The first-order valence-corrected chi connectivity index (χ1v) is 4.71. The van der Waals surface area contributed by atoms with Gasteiger partial charge in [0.2, 0.25) is 0 Å². The Balaban J connectivity index is 2.06. The van der Waals surface area contributed by atoms with Crippen molar-refractivity contribution < 1.29 is 19.8 Å². The molecule has 4 bridgehead atoms. The molecule has 76 valence electrons. The molecule has 5 atom stereocenters. The lowest BCUT2D eigenvalue weighted by Gasteiger charge is -2.22. The van der Waals surface area contributed by atoms with Gasteiger partial charge in [0, 0.05) is 5.92 Å². The second-order valence-corrected chi connectivity index (χ2v) is 4.80. The minimum atomic E-state index is -1.26. The zero-order chi connectivity index (χ0) is 10.3. The predicted octanol–water partition coefficient (Wildman–Crippen LogP) is -0.491. The molecule has 0 amide bonds. The van der Waals surface area contributed by atoms with Crippen LogP contribution in [-0.2, 0) is 9.59 Å². The third-order valence-electron chi connectivity index (χ3n) is 4.59. The van der Waals surface area contributed by atoms with Gasteiger partial charge in [-0.1, -0.05) is 0 Å².